The molecule has 1 heterocycles. The summed E-state index contributed by atoms with van der Waals surface area (Å²) in [6.45, 7) is 2.54. The van der Waals surface area contributed by atoms with Crippen molar-refractivity contribution < 1.29 is 5.11 Å². The van der Waals surface area contributed by atoms with Crippen LogP contribution in [0.25, 0.3) is 0 Å². The van der Waals surface area contributed by atoms with E-state index in [9.17, 15) is 5.11 Å². The highest BCUT2D eigenvalue weighted by Gasteiger charge is 2.36. The average molecular weight is 237 g/mol. The molecule has 0 radical (unpaired) electrons. The lowest BCUT2D eigenvalue weighted by Gasteiger charge is -2.46. The maximum Gasteiger partial charge on any atom is 0.0695 e. The van der Waals surface area contributed by atoms with Crippen molar-refractivity contribution in [2.24, 2.45) is 11.8 Å². The van der Waals surface area contributed by atoms with Crippen molar-refractivity contribution in [1.29, 1.82) is 0 Å². The summed E-state index contributed by atoms with van der Waals surface area (Å²) in [6.07, 6.45) is 12.0. The van der Waals surface area contributed by atoms with E-state index in [4.69, 9.17) is 0 Å². The lowest BCUT2D eigenvalue weighted by Crippen LogP contribution is -2.52. The number of aliphatic hydroxyl groups excluding tert-OH is 1. The van der Waals surface area contributed by atoms with E-state index < -0.39 is 0 Å². The molecular weight excluding hydrogens is 210 g/mol. The number of nitrogens with zero attached hydrogens (tertiary/aromatic N) is 1. The van der Waals surface area contributed by atoms with Crippen LogP contribution >= 0.6 is 0 Å². The monoisotopic (exact) mass is 237 g/mol. The quantitative estimate of drug-likeness (QED) is 0.758. The maximum atomic E-state index is 10.2. The summed E-state index contributed by atoms with van der Waals surface area (Å²) in [6, 6.07) is 0.492. The number of fused-ring (bicyclic) bond motifs is 1. The van der Waals surface area contributed by atoms with Crippen LogP contribution in [0.3, 0.4) is 0 Å². The summed E-state index contributed by atoms with van der Waals surface area (Å²) >= 11 is 0. The molecule has 2 heteroatoms. The van der Waals surface area contributed by atoms with Gasteiger partial charge in [0.2, 0.25) is 0 Å². The maximum absolute atomic E-state index is 10.2. The van der Waals surface area contributed by atoms with E-state index in [1.165, 1.54) is 64.5 Å². The zero-order chi connectivity index (χ0) is 11.7. The fraction of sp³-hybridized carbons (Fsp3) is 1.00. The molecule has 3 rings (SSSR count). The molecule has 0 spiro atoms. The van der Waals surface area contributed by atoms with Gasteiger partial charge in [0.15, 0.2) is 0 Å². The van der Waals surface area contributed by atoms with Crippen LogP contribution in [0.15, 0.2) is 0 Å². The molecule has 2 unspecified atom stereocenters. The van der Waals surface area contributed by atoms with Crippen LogP contribution in [0.5, 0.6) is 0 Å². The highest BCUT2D eigenvalue weighted by molar-refractivity contribution is 4.90. The predicted molar refractivity (Wildman–Crippen MR) is 69.9 cm³/mol. The minimum atomic E-state index is -0.0381. The van der Waals surface area contributed by atoms with Crippen LogP contribution in [0.1, 0.15) is 57.8 Å². The number of hydrogen-bond acceptors (Lipinski definition) is 2. The summed E-state index contributed by atoms with van der Waals surface area (Å²) in [5.41, 5.74) is 0. The molecule has 2 saturated carbocycles. The second-order valence-electron chi connectivity index (χ2n) is 6.51. The Kier molecular flexibility index (Phi) is 3.72. The smallest absolute Gasteiger partial charge is 0.0695 e. The summed E-state index contributed by atoms with van der Waals surface area (Å²) < 4.78 is 0. The van der Waals surface area contributed by atoms with E-state index in [-0.39, 0.29) is 6.10 Å². The first kappa shape index (κ1) is 12.0. The molecule has 3 aliphatic rings. The van der Waals surface area contributed by atoms with Crippen LogP contribution in [0.4, 0.5) is 0 Å². The van der Waals surface area contributed by atoms with E-state index in [1.54, 1.807) is 0 Å². The Morgan fingerprint density at radius 2 is 1.47 bits per heavy atom. The summed E-state index contributed by atoms with van der Waals surface area (Å²) in [7, 11) is 0. The first-order chi connectivity index (χ1) is 8.34. The Balaban J connectivity index is 1.60. The molecule has 1 saturated heterocycles. The van der Waals surface area contributed by atoms with E-state index in [0.717, 1.165) is 18.3 Å². The Morgan fingerprint density at radius 1 is 0.765 bits per heavy atom. The topological polar surface area (TPSA) is 23.5 Å². The molecule has 0 aromatic heterocycles. The van der Waals surface area contributed by atoms with Gasteiger partial charge in [-0.25, -0.2) is 0 Å². The van der Waals surface area contributed by atoms with Crippen molar-refractivity contribution >= 4 is 0 Å². The van der Waals surface area contributed by atoms with E-state index in [0.29, 0.717) is 6.04 Å². The molecule has 0 aromatic carbocycles. The molecule has 2 aliphatic carbocycles. The zero-order valence-corrected chi connectivity index (χ0v) is 11.0. The molecule has 1 aliphatic heterocycles. The molecule has 0 bridgehead atoms. The Morgan fingerprint density at radius 3 is 2.29 bits per heavy atom. The van der Waals surface area contributed by atoms with Gasteiger partial charge in [-0.15, -0.1) is 0 Å². The SMILES string of the molecule is O[C@H]1CCCC[C@@H]1N1CCC2CCCCC2C1. The molecule has 3 fully saturated rings. The Hall–Kier alpha value is -0.0800. The van der Waals surface area contributed by atoms with Gasteiger partial charge >= 0.3 is 0 Å². The number of likely N-dealkylation sites (tertiary alicyclic amines) is 1. The van der Waals surface area contributed by atoms with Crippen LogP contribution in [-0.2, 0) is 0 Å². The lowest BCUT2D eigenvalue weighted by molar-refractivity contribution is -0.0197. The molecule has 0 amide bonds. The average Bonchev–Trinajstić information content (AvgIpc) is 2.39. The van der Waals surface area contributed by atoms with Gasteiger partial charge < -0.3 is 5.11 Å². The standard InChI is InChI=1S/C15H27NO/c17-15-8-4-3-7-14(15)16-10-9-12-5-1-2-6-13(12)11-16/h12-15,17H,1-11H2/t12?,13?,14-,15-/m0/s1. The Labute approximate surface area is 105 Å². The molecule has 98 valence electrons. The molecular formula is C15H27NO. The third-order valence-electron chi connectivity index (χ3n) is 5.49. The van der Waals surface area contributed by atoms with Gasteiger partial charge in [0.1, 0.15) is 0 Å². The third kappa shape index (κ3) is 2.53. The molecule has 17 heavy (non-hydrogen) atoms. The molecule has 4 atom stereocenters. The van der Waals surface area contributed by atoms with Crippen LogP contribution in [-0.4, -0.2) is 35.2 Å². The number of piperidine rings is 1. The highest BCUT2D eigenvalue weighted by Crippen LogP contribution is 2.38. The predicted octanol–water partition coefficient (Wildman–Crippen LogP) is 2.80. The van der Waals surface area contributed by atoms with Crippen LogP contribution < -0.4 is 0 Å². The van der Waals surface area contributed by atoms with E-state index in [2.05, 4.69) is 4.90 Å². The zero-order valence-electron chi connectivity index (χ0n) is 11.0. The Bertz CT molecular complexity index is 255. The van der Waals surface area contributed by atoms with Gasteiger partial charge in [-0.2, -0.15) is 0 Å². The molecule has 0 aromatic rings. The van der Waals surface area contributed by atoms with Crippen molar-refractivity contribution in [2.75, 3.05) is 13.1 Å². The fourth-order valence-electron chi connectivity index (χ4n) is 4.45. The van der Waals surface area contributed by atoms with Crippen molar-refractivity contribution in [3.63, 3.8) is 0 Å². The van der Waals surface area contributed by atoms with Crippen LogP contribution in [0, 0.1) is 11.8 Å². The van der Waals surface area contributed by atoms with Gasteiger partial charge in [-0.05, 0) is 44.1 Å². The van der Waals surface area contributed by atoms with Crippen molar-refractivity contribution in [1.82, 2.24) is 4.90 Å². The third-order valence-corrected chi connectivity index (χ3v) is 5.49. The van der Waals surface area contributed by atoms with Gasteiger partial charge in [0.25, 0.3) is 0 Å². The minimum absolute atomic E-state index is 0.0381. The first-order valence-electron chi connectivity index (χ1n) is 7.77. The highest BCUT2D eigenvalue weighted by atomic mass is 16.3. The van der Waals surface area contributed by atoms with Crippen LogP contribution in [0.2, 0.25) is 0 Å². The van der Waals surface area contributed by atoms with Gasteiger partial charge in [0.05, 0.1) is 6.10 Å². The molecule has 1 N–H and O–H groups in total. The second kappa shape index (κ2) is 5.27. The molecule has 2 nitrogen and oxygen atoms in total. The first-order valence-corrected chi connectivity index (χ1v) is 7.77. The largest absolute Gasteiger partial charge is 0.391 e. The lowest BCUT2D eigenvalue weighted by atomic mass is 9.74. The minimum Gasteiger partial charge on any atom is -0.391 e. The van der Waals surface area contributed by atoms with Gasteiger partial charge in [-0.1, -0.05) is 32.1 Å². The number of hydrogen-bond donors (Lipinski definition) is 1. The van der Waals surface area contributed by atoms with Crippen molar-refractivity contribution in [2.45, 2.75) is 69.9 Å². The second-order valence-corrected chi connectivity index (χ2v) is 6.51. The summed E-state index contributed by atoms with van der Waals surface area (Å²) in [5, 5.41) is 10.2. The fourth-order valence-corrected chi connectivity index (χ4v) is 4.45. The van der Waals surface area contributed by atoms with Crippen molar-refractivity contribution in [3.8, 4) is 0 Å². The van der Waals surface area contributed by atoms with Crippen molar-refractivity contribution in [3.05, 3.63) is 0 Å². The summed E-state index contributed by atoms with van der Waals surface area (Å²) in [5.74, 6) is 1.97. The van der Waals surface area contributed by atoms with Gasteiger partial charge in [-0.3, -0.25) is 4.90 Å². The van der Waals surface area contributed by atoms with E-state index in [1.807, 2.05) is 0 Å². The number of rotatable bonds is 1. The normalized spacial score (nSPS) is 44.3. The van der Waals surface area contributed by atoms with Gasteiger partial charge in [0, 0.05) is 12.6 Å². The number of aliphatic hydroxyl groups is 1. The summed E-state index contributed by atoms with van der Waals surface area (Å²) in [4.78, 5) is 2.64. The van der Waals surface area contributed by atoms with E-state index >= 15 is 0 Å².